The normalized spacial score (nSPS) is 10.4. The van der Waals surface area contributed by atoms with Gasteiger partial charge < -0.3 is 10.1 Å². The summed E-state index contributed by atoms with van der Waals surface area (Å²) in [6, 6.07) is 4.57. The number of aromatic nitrogens is 2. The Hall–Kier alpha value is -2.70. The van der Waals surface area contributed by atoms with Crippen LogP contribution in [0.25, 0.3) is 5.69 Å². The lowest BCUT2D eigenvalue weighted by Gasteiger charge is -2.07. The van der Waals surface area contributed by atoms with E-state index in [1.54, 1.807) is 0 Å². The summed E-state index contributed by atoms with van der Waals surface area (Å²) in [6.45, 7) is 1.32. The first kappa shape index (κ1) is 12.7. The molecular formula is C12H9FN2O4. The Morgan fingerprint density at radius 2 is 1.84 bits per heavy atom. The molecule has 7 heteroatoms. The summed E-state index contributed by atoms with van der Waals surface area (Å²) in [4.78, 5) is 37.0. The molecule has 0 aliphatic heterocycles. The van der Waals surface area contributed by atoms with Crippen LogP contribution in [-0.4, -0.2) is 20.6 Å². The summed E-state index contributed by atoms with van der Waals surface area (Å²) in [5, 5.41) is 8.96. The van der Waals surface area contributed by atoms with Crippen molar-refractivity contribution in [2.45, 2.75) is 6.92 Å². The van der Waals surface area contributed by atoms with Crippen molar-refractivity contribution in [3.05, 3.63) is 62.2 Å². The maximum absolute atomic E-state index is 12.8. The topological polar surface area (TPSA) is 92.2 Å². The number of carbonyl (C=O) groups is 1. The number of halogens is 1. The fourth-order valence-electron chi connectivity index (χ4n) is 1.72. The zero-order valence-corrected chi connectivity index (χ0v) is 9.81. The molecule has 0 bridgehead atoms. The molecular weight excluding hydrogens is 255 g/mol. The molecule has 1 heterocycles. The van der Waals surface area contributed by atoms with Gasteiger partial charge in [-0.2, -0.15) is 0 Å². The molecule has 6 nitrogen and oxygen atoms in total. The number of carboxylic acids is 1. The second kappa shape index (κ2) is 4.52. The number of carboxylic acid groups (broad SMARTS) is 1. The average molecular weight is 264 g/mol. The highest BCUT2D eigenvalue weighted by Gasteiger charge is 2.18. The number of aromatic amines is 1. The number of H-pyrrole nitrogens is 1. The van der Waals surface area contributed by atoms with Gasteiger partial charge in [0.25, 0.3) is 5.56 Å². The van der Waals surface area contributed by atoms with E-state index in [0.717, 1.165) is 12.1 Å². The third kappa shape index (κ3) is 2.17. The molecule has 2 N–H and O–H groups in total. The summed E-state index contributed by atoms with van der Waals surface area (Å²) in [5.41, 5.74) is -2.19. The number of rotatable bonds is 2. The van der Waals surface area contributed by atoms with Crippen LogP contribution in [0.3, 0.4) is 0 Å². The minimum atomic E-state index is -1.44. The van der Waals surface area contributed by atoms with Crippen molar-refractivity contribution in [2.24, 2.45) is 0 Å². The summed E-state index contributed by atoms with van der Waals surface area (Å²) in [5.74, 6) is -1.96. The number of benzene rings is 1. The second-order valence-electron chi connectivity index (χ2n) is 3.85. The number of nitrogens with zero attached hydrogens (tertiary/aromatic N) is 1. The molecule has 0 saturated heterocycles. The van der Waals surface area contributed by atoms with Crippen molar-refractivity contribution in [3.8, 4) is 5.69 Å². The van der Waals surface area contributed by atoms with Gasteiger partial charge in [0.15, 0.2) is 0 Å². The molecule has 0 atom stereocenters. The molecule has 98 valence electrons. The van der Waals surface area contributed by atoms with Crippen LogP contribution in [0.2, 0.25) is 0 Å². The van der Waals surface area contributed by atoms with E-state index in [1.807, 2.05) is 0 Å². The van der Waals surface area contributed by atoms with Gasteiger partial charge in [0, 0.05) is 5.69 Å². The lowest BCUT2D eigenvalue weighted by atomic mass is 10.2. The predicted octanol–water partition coefficient (Wildman–Crippen LogP) is 0.672. The van der Waals surface area contributed by atoms with Gasteiger partial charge >= 0.3 is 11.7 Å². The van der Waals surface area contributed by atoms with Crippen molar-refractivity contribution >= 4 is 5.97 Å². The maximum Gasteiger partial charge on any atom is 0.343 e. The van der Waals surface area contributed by atoms with Crippen molar-refractivity contribution in [2.75, 3.05) is 0 Å². The fourth-order valence-corrected chi connectivity index (χ4v) is 1.72. The van der Waals surface area contributed by atoms with E-state index in [0.29, 0.717) is 4.57 Å². The summed E-state index contributed by atoms with van der Waals surface area (Å²) < 4.78 is 13.5. The molecule has 0 aliphatic carbocycles. The molecule has 2 rings (SSSR count). The van der Waals surface area contributed by atoms with E-state index < -0.39 is 28.6 Å². The highest BCUT2D eigenvalue weighted by molar-refractivity contribution is 5.88. The van der Waals surface area contributed by atoms with E-state index in [9.17, 15) is 18.8 Å². The lowest BCUT2D eigenvalue weighted by Crippen LogP contribution is -2.38. The summed E-state index contributed by atoms with van der Waals surface area (Å²) >= 11 is 0. The van der Waals surface area contributed by atoms with Gasteiger partial charge in [-0.3, -0.25) is 4.79 Å². The number of nitrogens with one attached hydrogen (secondary N) is 1. The maximum atomic E-state index is 12.8. The SMILES string of the molecule is Cc1[nH]c(=O)n(-c2ccc(F)cc2)c(=O)c1C(=O)O. The standard InChI is InChI=1S/C12H9FN2O4/c1-6-9(11(17)18)10(16)15(12(19)14-6)8-4-2-7(13)3-5-8/h2-5H,1H3,(H,14,19)(H,17,18). The van der Waals surface area contributed by atoms with Crippen LogP contribution < -0.4 is 11.2 Å². The first-order valence-corrected chi connectivity index (χ1v) is 5.27. The van der Waals surface area contributed by atoms with Gasteiger partial charge in [-0.05, 0) is 31.2 Å². The van der Waals surface area contributed by atoms with Gasteiger partial charge in [0.1, 0.15) is 11.4 Å². The van der Waals surface area contributed by atoms with Crippen LogP contribution in [-0.2, 0) is 0 Å². The van der Waals surface area contributed by atoms with Gasteiger partial charge in [0.05, 0.1) is 5.69 Å². The van der Waals surface area contributed by atoms with Gasteiger partial charge in [-0.1, -0.05) is 0 Å². The number of hydrogen-bond acceptors (Lipinski definition) is 3. The van der Waals surface area contributed by atoms with Crippen molar-refractivity contribution < 1.29 is 14.3 Å². The molecule has 0 fully saturated rings. The van der Waals surface area contributed by atoms with Crippen molar-refractivity contribution in [1.82, 2.24) is 9.55 Å². The largest absolute Gasteiger partial charge is 0.477 e. The van der Waals surface area contributed by atoms with Gasteiger partial charge in [-0.25, -0.2) is 18.5 Å². The Morgan fingerprint density at radius 3 is 2.37 bits per heavy atom. The van der Waals surface area contributed by atoms with Crippen LogP contribution >= 0.6 is 0 Å². The first-order chi connectivity index (χ1) is 8.91. The van der Waals surface area contributed by atoms with Crippen LogP contribution in [0.4, 0.5) is 4.39 Å². The zero-order chi connectivity index (χ0) is 14.2. The van der Waals surface area contributed by atoms with E-state index >= 15 is 0 Å². The van der Waals surface area contributed by atoms with Gasteiger partial charge in [0.2, 0.25) is 0 Å². The monoisotopic (exact) mass is 264 g/mol. The molecule has 0 spiro atoms. The smallest absolute Gasteiger partial charge is 0.343 e. The molecule has 2 aromatic rings. The highest BCUT2D eigenvalue weighted by atomic mass is 19.1. The Balaban J connectivity index is 2.81. The number of aryl methyl sites for hydroxylation is 1. The second-order valence-corrected chi connectivity index (χ2v) is 3.85. The fraction of sp³-hybridized carbons (Fsp3) is 0.0833. The predicted molar refractivity (Wildman–Crippen MR) is 64.3 cm³/mol. The Morgan fingerprint density at radius 1 is 1.26 bits per heavy atom. The molecule has 0 amide bonds. The minimum absolute atomic E-state index is 0.0270. The first-order valence-electron chi connectivity index (χ1n) is 5.27. The van der Waals surface area contributed by atoms with Crippen LogP contribution in [0.15, 0.2) is 33.9 Å². The van der Waals surface area contributed by atoms with Crippen LogP contribution in [0, 0.1) is 12.7 Å². The Kier molecular flexibility index (Phi) is 3.04. The van der Waals surface area contributed by atoms with E-state index in [2.05, 4.69) is 4.98 Å². The van der Waals surface area contributed by atoms with Gasteiger partial charge in [-0.15, -0.1) is 0 Å². The quantitative estimate of drug-likeness (QED) is 0.833. The summed E-state index contributed by atoms with van der Waals surface area (Å²) in [6.07, 6.45) is 0. The van der Waals surface area contributed by atoms with Crippen molar-refractivity contribution in [1.29, 1.82) is 0 Å². The Labute approximate surface area is 105 Å². The lowest BCUT2D eigenvalue weighted by molar-refractivity contribution is 0.0693. The molecule has 0 unspecified atom stereocenters. The third-order valence-electron chi connectivity index (χ3n) is 2.59. The molecule has 0 aliphatic rings. The zero-order valence-electron chi connectivity index (χ0n) is 9.81. The number of hydrogen-bond donors (Lipinski definition) is 2. The number of aromatic carboxylic acids is 1. The summed E-state index contributed by atoms with van der Waals surface area (Å²) in [7, 11) is 0. The van der Waals surface area contributed by atoms with Crippen LogP contribution in [0.1, 0.15) is 16.1 Å². The molecule has 1 aromatic carbocycles. The Bertz CT molecular complexity index is 759. The molecule has 0 radical (unpaired) electrons. The average Bonchev–Trinajstić information content (AvgIpc) is 2.30. The van der Waals surface area contributed by atoms with Crippen LogP contribution in [0.5, 0.6) is 0 Å². The van der Waals surface area contributed by atoms with E-state index in [4.69, 9.17) is 5.11 Å². The third-order valence-corrected chi connectivity index (χ3v) is 2.59. The minimum Gasteiger partial charge on any atom is -0.477 e. The molecule has 1 aromatic heterocycles. The van der Waals surface area contributed by atoms with Crippen molar-refractivity contribution in [3.63, 3.8) is 0 Å². The van der Waals surface area contributed by atoms with E-state index in [-0.39, 0.29) is 11.4 Å². The van der Waals surface area contributed by atoms with E-state index in [1.165, 1.54) is 19.1 Å². The molecule has 19 heavy (non-hydrogen) atoms. The molecule has 0 saturated carbocycles. The highest BCUT2D eigenvalue weighted by Crippen LogP contribution is 2.05.